The molecule has 7 heteroatoms. The summed E-state index contributed by atoms with van der Waals surface area (Å²) >= 11 is 6.49. The normalized spacial score (nSPS) is 11.6. The molecule has 0 atom stereocenters. The number of fused-ring (bicyclic) bond motifs is 3. The quantitative estimate of drug-likeness (QED) is 0.687. The van der Waals surface area contributed by atoms with Gasteiger partial charge in [-0.2, -0.15) is 0 Å². The number of halogens is 1. The summed E-state index contributed by atoms with van der Waals surface area (Å²) in [7, 11) is 0. The molecular weight excluding hydrogens is 364 g/mol. The number of hydrogen-bond acceptors (Lipinski definition) is 3. The summed E-state index contributed by atoms with van der Waals surface area (Å²) in [5, 5.41) is 0.372. The van der Waals surface area contributed by atoms with Crippen molar-refractivity contribution in [2.24, 2.45) is 0 Å². The van der Waals surface area contributed by atoms with E-state index in [1.165, 1.54) is 0 Å². The van der Waals surface area contributed by atoms with E-state index < -0.39 is 0 Å². The van der Waals surface area contributed by atoms with Crippen LogP contribution in [0.2, 0.25) is 5.02 Å². The molecule has 1 N–H and O–H groups in total. The van der Waals surface area contributed by atoms with Crippen molar-refractivity contribution < 1.29 is 4.79 Å². The third-order valence-corrected chi connectivity index (χ3v) is 5.54. The Kier molecular flexibility index (Phi) is 5.56. The Bertz CT molecular complexity index is 1050. The van der Waals surface area contributed by atoms with E-state index in [-0.39, 0.29) is 17.4 Å². The number of nitrogens with zero attached hydrogens (tertiary/aromatic N) is 3. The van der Waals surface area contributed by atoms with Crippen molar-refractivity contribution in [1.29, 1.82) is 0 Å². The third-order valence-electron chi connectivity index (χ3n) is 5.23. The summed E-state index contributed by atoms with van der Waals surface area (Å²) < 4.78 is 1.88. The molecule has 3 aromatic rings. The standard InChI is InChI=1S/C20H25ClN4O2/c1-5-12(6-2)18-22-11-17-19(26)23-15-9-13(20(27)24(7-3)8-4)14(21)10-16(15)25(17)18/h9-12H,5-8H2,1-4H3,(H,23,26). The molecule has 0 saturated heterocycles. The minimum atomic E-state index is -0.226. The van der Waals surface area contributed by atoms with Gasteiger partial charge in [0.25, 0.3) is 11.5 Å². The fourth-order valence-electron chi connectivity index (χ4n) is 3.60. The second-order valence-corrected chi connectivity index (χ2v) is 7.04. The van der Waals surface area contributed by atoms with Gasteiger partial charge in [-0.25, -0.2) is 4.98 Å². The van der Waals surface area contributed by atoms with Gasteiger partial charge in [0.2, 0.25) is 0 Å². The van der Waals surface area contributed by atoms with Crippen LogP contribution in [0.5, 0.6) is 0 Å². The molecule has 2 heterocycles. The van der Waals surface area contributed by atoms with Gasteiger partial charge < -0.3 is 9.88 Å². The Labute approximate surface area is 163 Å². The SMILES string of the molecule is CCC(CC)c1ncc2c(=O)[nH]c3cc(C(=O)N(CC)CC)c(Cl)cc3n12. The van der Waals surface area contributed by atoms with Crippen LogP contribution in [0.3, 0.4) is 0 Å². The van der Waals surface area contributed by atoms with Crippen LogP contribution in [-0.2, 0) is 0 Å². The topological polar surface area (TPSA) is 70.5 Å². The summed E-state index contributed by atoms with van der Waals surface area (Å²) in [5.74, 6) is 0.955. The molecule has 1 aromatic carbocycles. The highest BCUT2D eigenvalue weighted by Crippen LogP contribution is 2.28. The monoisotopic (exact) mass is 388 g/mol. The van der Waals surface area contributed by atoms with Crippen molar-refractivity contribution in [3.63, 3.8) is 0 Å². The number of benzene rings is 1. The zero-order chi connectivity index (χ0) is 19.7. The van der Waals surface area contributed by atoms with Gasteiger partial charge in [-0.15, -0.1) is 0 Å². The maximum atomic E-state index is 12.8. The van der Waals surface area contributed by atoms with Crippen LogP contribution in [0.25, 0.3) is 16.6 Å². The highest BCUT2D eigenvalue weighted by atomic mass is 35.5. The first-order valence-electron chi connectivity index (χ1n) is 9.48. The fourth-order valence-corrected chi connectivity index (χ4v) is 3.84. The lowest BCUT2D eigenvalue weighted by Crippen LogP contribution is -2.30. The summed E-state index contributed by atoms with van der Waals surface area (Å²) in [5.41, 5.74) is 1.99. The van der Waals surface area contributed by atoms with Crippen molar-refractivity contribution in [2.45, 2.75) is 46.5 Å². The summed E-state index contributed by atoms with van der Waals surface area (Å²) in [6, 6.07) is 3.43. The number of nitrogens with one attached hydrogen (secondary N) is 1. The van der Waals surface area contributed by atoms with E-state index in [1.807, 2.05) is 18.2 Å². The number of aromatic nitrogens is 3. The first-order chi connectivity index (χ1) is 13.0. The van der Waals surface area contributed by atoms with E-state index in [0.29, 0.717) is 34.7 Å². The maximum Gasteiger partial charge on any atom is 0.274 e. The third kappa shape index (κ3) is 3.23. The van der Waals surface area contributed by atoms with Crippen molar-refractivity contribution in [3.8, 4) is 0 Å². The van der Waals surface area contributed by atoms with Crippen LogP contribution < -0.4 is 5.56 Å². The largest absolute Gasteiger partial charge is 0.339 e. The molecule has 0 radical (unpaired) electrons. The predicted octanol–water partition coefficient (Wildman–Crippen LogP) is 4.21. The summed E-state index contributed by atoms with van der Waals surface area (Å²) in [4.78, 5) is 34.4. The molecule has 0 aliphatic carbocycles. The molecule has 0 bridgehead atoms. The minimum Gasteiger partial charge on any atom is -0.339 e. The molecule has 1 amide bonds. The van der Waals surface area contributed by atoms with E-state index in [0.717, 1.165) is 24.2 Å². The first-order valence-corrected chi connectivity index (χ1v) is 9.86. The molecule has 0 fully saturated rings. The highest BCUT2D eigenvalue weighted by Gasteiger charge is 2.21. The Morgan fingerprint density at radius 2 is 1.85 bits per heavy atom. The molecule has 0 saturated carbocycles. The lowest BCUT2D eigenvalue weighted by atomic mass is 10.0. The Hall–Kier alpha value is -2.34. The lowest BCUT2D eigenvalue weighted by molar-refractivity contribution is 0.0773. The molecule has 0 aliphatic rings. The predicted molar refractivity (Wildman–Crippen MR) is 109 cm³/mol. The van der Waals surface area contributed by atoms with E-state index in [4.69, 9.17) is 11.6 Å². The van der Waals surface area contributed by atoms with Gasteiger partial charge in [0, 0.05) is 19.0 Å². The summed E-state index contributed by atoms with van der Waals surface area (Å²) in [6.07, 6.45) is 3.46. The van der Waals surface area contributed by atoms with Crippen LogP contribution in [0, 0.1) is 0 Å². The van der Waals surface area contributed by atoms with Crippen LogP contribution in [0.15, 0.2) is 23.1 Å². The van der Waals surface area contributed by atoms with Gasteiger partial charge >= 0.3 is 0 Å². The summed E-state index contributed by atoms with van der Waals surface area (Å²) in [6.45, 7) is 9.26. The number of amides is 1. The van der Waals surface area contributed by atoms with E-state index >= 15 is 0 Å². The van der Waals surface area contributed by atoms with Crippen LogP contribution in [0.4, 0.5) is 0 Å². The number of imidazole rings is 1. The van der Waals surface area contributed by atoms with Gasteiger partial charge in [-0.3, -0.25) is 14.0 Å². The number of hydrogen-bond donors (Lipinski definition) is 1. The van der Waals surface area contributed by atoms with Crippen molar-refractivity contribution in [1.82, 2.24) is 19.3 Å². The molecule has 3 rings (SSSR count). The molecule has 0 unspecified atom stereocenters. The van der Waals surface area contributed by atoms with Crippen molar-refractivity contribution in [2.75, 3.05) is 13.1 Å². The second-order valence-electron chi connectivity index (χ2n) is 6.63. The van der Waals surface area contributed by atoms with Gasteiger partial charge in [0.1, 0.15) is 11.3 Å². The molecule has 2 aromatic heterocycles. The Morgan fingerprint density at radius 3 is 2.44 bits per heavy atom. The zero-order valence-electron chi connectivity index (χ0n) is 16.2. The molecule has 0 spiro atoms. The maximum absolute atomic E-state index is 12.8. The van der Waals surface area contributed by atoms with Gasteiger partial charge in [0.15, 0.2) is 0 Å². The zero-order valence-corrected chi connectivity index (χ0v) is 16.9. The second kappa shape index (κ2) is 7.72. The van der Waals surface area contributed by atoms with Crippen molar-refractivity contribution in [3.05, 3.63) is 45.1 Å². The number of H-pyrrole nitrogens is 1. The van der Waals surface area contributed by atoms with E-state index in [1.54, 1.807) is 23.2 Å². The average Bonchev–Trinajstić information content (AvgIpc) is 3.10. The minimum absolute atomic E-state index is 0.140. The van der Waals surface area contributed by atoms with Crippen LogP contribution in [0.1, 0.15) is 62.6 Å². The molecule has 6 nitrogen and oxygen atoms in total. The van der Waals surface area contributed by atoms with Crippen LogP contribution in [-0.4, -0.2) is 38.3 Å². The number of rotatable bonds is 6. The van der Waals surface area contributed by atoms with Gasteiger partial charge in [0.05, 0.1) is 27.8 Å². The lowest BCUT2D eigenvalue weighted by Gasteiger charge is -2.20. The Morgan fingerprint density at radius 1 is 1.19 bits per heavy atom. The van der Waals surface area contributed by atoms with Crippen molar-refractivity contribution >= 4 is 34.1 Å². The molecular formula is C20H25ClN4O2. The van der Waals surface area contributed by atoms with E-state index in [9.17, 15) is 9.59 Å². The number of carbonyl (C=O) groups excluding carboxylic acids is 1. The highest BCUT2D eigenvalue weighted by molar-refractivity contribution is 6.34. The average molecular weight is 389 g/mol. The Balaban J connectivity index is 2.30. The van der Waals surface area contributed by atoms with E-state index in [2.05, 4.69) is 23.8 Å². The number of carbonyl (C=O) groups is 1. The smallest absolute Gasteiger partial charge is 0.274 e. The van der Waals surface area contributed by atoms with Crippen LogP contribution >= 0.6 is 11.6 Å². The fraction of sp³-hybridized carbons (Fsp3) is 0.450. The van der Waals surface area contributed by atoms with Gasteiger partial charge in [-0.05, 0) is 38.8 Å². The first kappa shape index (κ1) is 19.4. The molecule has 144 valence electrons. The number of aromatic amines is 1. The van der Waals surface area contributed by atoms with Gasteiger partial charge in [-0.1, -0.05) is 25.4 Å². The molecule has 0 aliphatic heterocycles. The molecule has 27 heavy (non-hydrogen) atoms.